The molecular formula is C43H40O8. The summed E-state index contributed by atoms with van der Waals surface area (Å²) in [5.41, 5.74) is 4.32. The summed E-state index contributed by atoms with van der Waals surface area (Å²) >= 11 is 0. The average molecular weight is 685 g/mol. The number of carbonyl (C=O) groups excluding carboxylic acids is 3. The molecule has 6 rings (SSSR count). The van der Waals surface area contributed by atoms with Gasteiger partial charge in [0.05, 0.1) is 21.3 Å². The minimum Gasteiger partial charge on any atom is -0.497 e. The first-order valence-electron chi connectivity index (χ1n) is 16.8. The van der Waals surface area contributed by atoms with Crippen molar-refractivity contribution in [3.8, 4) is 17.1 Å². The molecule has 1 atom stereocenters. The largest absolute Gasteiger partial charge is 0.497 e. The van der Waals surface area contributed by atoms with Crippen LogP contribution in [0, 0.1) is 5.41 Å². The predicted octanol–water partition coefficient (Wildman–Crippen LogP) is 8.54. The molecule has 0 amide bonds. The van der Waals surface area contributed by atoms with E-state index >= 15 is 0 Å². The minimum atomic E-state index is -1.75. The molecule has 1 aromatic heterocycles. The second-order valence-electron chi connectivity index (χ2n) is 12.4. The number of rotatable bonds is 12. The fourth-order valence-corrected chi connectivity index (χ4v) is 7.07. The maximum Gasteiger partial charge on any atom is 0.324 e. The average Bonchev–Trinajstić information content (AvgIpc) is 3.57. The molecule has 260 valence electrons. The van der Waals surface area contributed by atoms with E-state index in [0.717, 1.165) is 33.4 Å². The Morgan fingerprint density at radius 3 is 1.84 bits per heavy atom. The lowest BCUT2D eigenvalue weighted by Gasteiger charge is -2.34. The normalized spacial score (nSPS) is 14.9. The van der Waals surface area contributed by atoms with E-state index in [1.165, 1.54) is 14.2 Å². The molecule has 1 aliphatic carbocycles. The summed E-state index contributed by atoms with van der Waals surface area (Å²) in [5.74, 6) is 0.110. The van der Waals surface area contributed by atoms with E-state index in [2.05, 4.69) is 0 Å². The number of methoxy groups -OCH3 is 4. The Kier molecular flexibility index (Phi) is 10.6. The molecule has 0 spiro atoms. The zero-order valence-electron chi connectivity index (χ0n) is 29.1. The van der Waals surface area contributed by atoms with Crippen LogP contribution in [0.3, 0.4) is 0 Å². The van der Waals surface area contributed by atoms with Crippen molar-refractivity contribution >= 4 is 28.9 Å². The maximum atomic E-state index is 13.8. The van der Waals surface area contributed by atoms with Crippen LogP contribution in [0.1, 0.15) is 63.7 Å². The number of ether oxygens (including phenoxy) is 4. The molecule has 0 unspecified atom stereocenters. The highest BCUT2D eigenvalue weighted by molar-refractivity contribution is 6.07. The van der Waals surface area contributed by atoms with Crippen molar-refractivity contribution in [2.24, 2.45) is 5.41 Å². The molecule has 0 saturated carbocycles. The molecule has 4 aromatic carbocycles. The van der Waals surface area contributed by atoms with Gasteiger partial charge in [0.15, 0.2) is 11.2 Å². The van der Waals surface area contributed by atoms with Gasteiger partial charge in [-0.15, -0.1) is 0 Å². The van der Waals surface area contributed by atoms with Crippen LogP contribution in [0.25, 0.3) is 22.5 Å². The van der Waals surface area contributed by atoms with Gasteiger partial charge in [0.25, 0.3) is 0 Å². The van der Waals surface area contributed by atoms with Crippen LogP contribution < -0.4 is 4.74 Å². The number of esters is 2. The fraction of sp³-hybridized carbons (Fsp3) is 0.233. The topological polar surface area (TPSA) is 101 Å². The minimum absolute atomic E-state index is 0.0493. The lowest BCUT2D eigenvalue weighted by atomic mass is 9.68. The second kappa shape index (κ2) is 15.4. The Balaban J connectivity index is 1.65. The lowest BCUT2D eigenvalue weighted by Crippen LogP contribution is -2.45. The number of furan rings is 1. The van der Waals surface area contributed by atoms with E-state index < -0.39 is 23.5 Å². The summed E-state index contributed by atoms with van der Waals surface area (Å²) in [5, 5.41) is 0. The monoisotopic (exact) mass is 684 g/mol. The van der Waals surface area contributed by atoms with Crippen molar-refractivity contribution in [3.05, 3.63) is 149 Å². The smallest absolute Gasteiger partial charge is 0.324 e. The summed E-state index contributed by atoms with van der Waals surface area (Å²) < 4.78 is 29.0. The summed E-state index contributed by atoms with van der Waals surface area (Å²) in [7, 11) is 5.75. The number of hydrogen-bond donors (Lipinski definition) is 0. The summed E-state index contributed by atoms with van der Waals surface area (Å²) in [6, 6.07) is 36.2. The van der Waals surface area contributed by atoms with Gasteiger partial charge < -0.3 is 23.4 Å². The van der Waals surface area contributed by atoms with E-state index in [9.17, 15) is 14.4 Å². The molecule has 8 heteroatoms. The third-order valence-corrected chi connectivity index (χ3v) is 9.55. The third kappa shape index (κ3) is 6.87. The first-order valence-corrected chi connectivity index (χ1v) is 16.8. The van der Waals surface area contributed by atoms with Crippen molar-refractivity contribution in [3.63, 3.8) is 0 Å². The number of carbonyl (C=O) groups is 3. The SMILES string of the molecule is COC(=O)C1(C(=O)OC)C/C(=C(/CCC(=O)c2ccc(OC)cc2)c2ccccc2)c2c(oc(-c3ccccc3)c2[C@@H](OC)c2ccccc2)C1. The van der Waals surface area contributed by atoms with E-state index in [1.54, 1.807) is 38.5 Å². The Hall–Kier alpha value is -5.73. The number of allylic oxidation sites excluding steroid dienone is 2. The number of benzene rings is 4. The van der Waals surface area contributed by atoms with Gasteiger partial charge >= 0.3 is 11.9 Å². The molecule has 1 aliphatic rings. The van der Waals surface area contributed by atoms with Crippen LogP contribution in [0.15, 0.2) is 120 Å². The van der Waals surface area contributed by atoms with Gasteiger partial charge in [-0.1, -0.05) is 91.0 Å². The Morgan fingerprint density at radius 1 is 0.686 bits per heavy atom. The van der Waals surface area contributed by atoms with Gasteiger partial charge in [0.1, 0.15) is 23.4 Å². The molecule has 51 heavy (non-hydrogen) atoms. The van der Waals surface area contributed by atoms with Crippen molar-refractivity contribution in [1.82, 2.24) is 0 Å². The molecule has 0 bridgehead atoms. The summed E-state index contributed by atoms with van der Waals surface area (Å²) in [6.45, 7) is 0. The molecule has 0 saturated heterocycles. The zero-order chi connectivity index (χ0) is 36.0. The van der Waals surface area contributed by atoms with E-state index in [-0.39, 0.29) is 25.0 Å². The fourth-order valence-electron chi connectivity index (χ4n) is 7.07. The molecule has 0 radical (unpaired) electrons. The van der Waals surface area contributed by atoms with E-state index in [0.29, 0.717) is 34.8 Å². The molecule has 8 nitrogen and oxygen atoms in total. The first-order chi connectivity index (χ1) is 24.8. The predicted molar refractivity (Wildman–Crippen MR) is 194 cm³/mol. The third-order valence-electron chi connectivity index (χ3n) is 9.55. The van der Waals surface area contributed by atoms with Crippen molar-refractivity contribution in [2.75, 3.05) is 28.4 Å². The van der Waals surface area contributed by atoms with Crippen LogP contribution in [-0.4, -0.2) is 46.2 Å². The number of ketones is 1. The van der Waals surface area contributed by atoms with Crippen LogP contribution in [0.5, 0.6) is 5.75 Å². The first kappa shape index (κ1) is 35.1. The summed E-state index contributed by atoms with van der Waals surface area (Å²) in [4.78, 5) is 41.3. The number of hydrogen-bond acceptors (Lipinski definition) is 8. The van der Waals surface area contributed by atoms with Crippen LogP contribution in [0.4, 0.5) is 0 Å². The van der Waals surface area contributed by atoms with Crippen LogP contribution in [-0.2, 0) is 30.2 Å². The second-order valence-corrected chi connectivity index (χ2v) is 12.4. The Morgan fingerprint density at radius 2 is 1.27 bits per heavy atom. The number of fused-ring (bicyclic) bond motifs is 1. The van der Waals surface area contributed by atoms with Gasteiger partial charge in [-0.2, -0.15) is 0 Å². The highest BCUT2D eigenvalue weighted by atomic mass is 16.5. The van der Waals surface area contributed by atoms with Crippen molar-refractivity contribution < 1.29 is 37.7 Å². The standard InChI is InChI=1S/C43H40O8/c1-47-32-22-20-29(21-23-32)35(44)25-24-33(28-14-8-5-9-15-28)34-26-43(41(45)49-3,42(46)50-4)27-36-37(34)38(39(48-2)30-16-10-6-11-17-30)40(51-36)31-18-12-7-13-19-31/h5-23,39H,24-27H2,1-4H3/b34-33+/t39-/m0/s1. The highest BCUT2D eigenvalue weighted by Crippen LogP contribution is 2.53. The Labute approximate surface area is 297 Å². The summed E-state index contributed by atoms with van der Waals surface area (Å²) in [6.07, 6.45) is -0.263. The van der Waals surface area contributed by atoms with Crippen molar-refractivity contribution in [1.29, 1.82) is 0 Å². The zero-order valence-corrected chi connectivity index (χ0v) is 29.1. The number of Topliss-reactive ketones (excluding diaryl/α,β-unsaturated/α-hetero) is 1. The van der Waals surface area contributed by atoms with E-state index in [1.807, 2.05) is 91.0 Å². The highest BCUT2D eigenvalue weighted by Gasteiger charge is 2.54. The molecule has 5 aromatic rings. The Bertz CT molecular complexity index is 2010. The van der Waals surface area contributed by atoms with E-state index in [4.69, 9.17) is 23.4 Å². The van der Waals surface area contributed by atoms with Gasteiger partial charge in [0.2, 0.25) is 0 Å². The van der Waals surface area contributed by atoms with Gasteiger partial charge in [0, 0.05) is 48.6 Å². The molecule has 0 fully saturated rings. The van der Waals surface area contributed by atoms with Crippen molar-refractivity contribution in [2.45, 2.75) is 31.8 Å². The lowest BCUT2D eigenvalue weighted by molar-refractivity contribution is -0.169. The van der Waals surface area contributed by atoms with Crippen LogP contribution in [0.2, 0.25) is 0 Å². The van der Waals surface area contributed by atoms with Gasteiger partial charge in [-0.3, -0.25) is 14.4 Å². The quantitative estimate of drug-likeness (QED) is 0.0732. The van der Waals surface area contributed by atoms with Gasteiger partial charge in [-0.25, -0.2) is 0 Å². The molecular weight excluding hydrogens is 644 g/mol. The maximum absolute atomic E-state index is 13.8. The van der Waals surface area contributed by atoms with Crippen LogP contribution >= 0.6 is 0 Å². The van der Waals surface area contributed by atoms with Gasteiger partial charge in [-0.05, 0) is 53.0 Å². The molecule has 1 heterocycles. The molecule has 0 aliphatic heterocycles. The molecule has 0 N–H and O–H groups in total.